The lowest BCUT2D eigenvalue weighted by Crippen LogP contribution is -2.36. The molecule has 0 saturated heterocycles. The summed E-state index contributed by atoms with van der Waals surface area (Å²) in [6.07, 6.45) is -2.74. The van der Waals surface area contributed by atoms with Gasteiger partial charge in [-0.2, -0.15) is 0 Å². The Labute approximate surface area is 190 Å². The van der Waals surface area contributed by atoms with Gasteiger partial charge >= 0.3 is 6.09 Å². The van der Waals surface area contributed by atoms with E-state index in [2.05, 4.69) is 17.4 Å². The molecule has 6 nitrogen and oxygen atoms in total. The molecule has 1 aliphatic rings. The standard InChI is InChI=1S/C25H22ClNO5/c26-17-10-15(13-28)9-16(11-17)24(30)23(29)12-27-25(31)32-14-22-20-7-3-1-5-18(20)19-6-2-4-8-21(19)22/h1-11,13,22-24,29-30H,12,14H2,(H,27,31). The van der Waals surface area contributed by atoms with Gasteiger partial charge in [-0.1, -0.05) is 60.1 Å². The largest absolute Gasteiger partial charge is 0.449 e. The van der Waals surface area contributed by atoms with Crippen molar-refractivity contribution in [3.63, 3.8) is 0 Å². The van der Waals surface area contributed by atoms with E-state index in [9.17, 15) is 19.8 Å². The van der Waals surface area contributed by atoms with Crippen LogP contribution >= 0.6 is 11.6 Å². The Morgan fingerprint density at radius 2 is 1.66 bits per heavy atom. The molecule has 3 aromatic rings. The van der Waals surface area contributed by atoms with Crippen molar-refractivity contribution < 1.29 is 24.5 Å². The molecule has 0 fully saturated rings. The molecule has 7 heteroatoms. The van der Waals surface area contributed by atoms with Crippen LogP contribution in [-0.4, -0.2) is 41.8 Å². The summed E-state index contributed by atoms with van der Waals surface area (Å²) in [5, 5.41) is 23.4. The van der Waals surface area contributed by atoms with E-state index >= 15 is 0 Å². The first kappa shape index (κ1) is 22.0. The number of aliphatic hydroxyl groups excluding tert-OH is 2. The maximum Gasteiger partial charge on any atom is 0.407 e. The van der Waals surface area contributed by atoms with Gasteiger partial charge in [-0.25, -0.2) is 4.79 Å². The molecule has 4 rings (SSSR count). The third-order valence-corrected chi connectivity index (χ3v) is 5.80. The van der Waals surface area contributed by atoms with E-state index in [4.69, 9.17) is 16.3 Å². The third-order valence-electron chi connectivity index (χ3n) is 5.58. The number of nitrogens with one attached hydrogen (secondary N) is 1. The van der Waals surface area contributed by atoms with Crippen molar-refractivity contribution in [2.45, 2.75) is 18.1 Å². The molecule has 0 spiro atoms. The van der Waals surface area contributed by atoms with E-state index in [0.29, 0.717) is 6.29 Å². The second kappa shape index (κ2) is 9.53. The number of ether oxygens (including phenoxy) is 1. The summed E-state index contributed by atoms with van der Waals surface area (Å²) in [7, 11) is 0. The van der Waals surface area contributed by atoms with Crippen molar-refractivity contribution in [3.8, 4) is 11.1 Å². The average Bonchev–Trinajstić information content (AvgIpc) is 3.14. The van der Waals surface area contributed by atoms with Crippen molar-refractivity contribution in [3.05, 3.63) is 94.0 Å². The molecule has 0 radical (unpaired) electrons. The molecule has 32 heavy (non-hydrogen) atoms. The summed E-state index contributed by atoms with van der Waals surface area (Å²) in [6.45, 7) is -0.0870. The lowest BCUT2D eigenvalue weighted by Gasteiger charge is -2.20. The highest BCUT2D eigenvalue weighted by Crippen LogP contribution is 2.44. The molecule has 0 bridgehead atoms. The van der Waals surface area contributed by atoms with Crippen LogP contribution in [-0.2, 0) is 4.74 Å². The first-order valence-corrected chi connectivity index (χ1v) is 10.6. The number of carbonyl (C=O) groups excluding carboxylic acids is 2. The maximum atomic E-state index is 12.2. The smallest absolute Gasteiger partial charge is 0.407 e. The Kier molecular flexibility index (Phi) is 6.55. The molecule has 0 aromatic heterocycles. The molecule has 1 amide bonds. The van der Waals surface area contributed by atoms with Gasteiger partial charge in [0.2, 0.25) is 0 Å². The fraction of sp³-hybridized carbons (Fsp3) is 0.200. The van der Waals surface area contributed by atoms with Crippen LogP contribution in [0.25, 0.3) is 11.1 Å². The van der Waals surface area contributed by atoms with Gasteiger partial charge in [0.25, 0.3) is 0 Å². The average molecular weight is 452 g/mol. The first-order chi connectivity index (χ1) is 15.5. The van der Waals surface area contributed by atoms with Crippen LogP contribution < -0.4 is 5.32 Å². The second-order valence-electron chi connectivity index (χ2n) is 7.65. The van der Waals surface area contributed by atoms with E-state index in [1.165, 1.54) is 18.2 Å². The maximum absolute atomic E-state index is 12.2. The highest BCUT2D eigenvalue weighted by atomic mass is 35.5. The van der Waals surface area contributed by atoms with Gasteiger partial charge in [0.05, 0.1) is 0 Å². The van der Waals surface area contributed by atoms with E-state index in [-0.39, 0.29) is 35.2 Å². The third kappa shape index (κ3) is 4.53. The fourth-order valence-electron chi connectivity index (χ4n) is 4.05. The van der Waals surface area contributed by atoms with Gasteiger partial charge in [-0.05, 0) is 46.0 Å². The number of benzene rings is 3. The van der Waals surface area contributed by atoms with Crippen molar-refractivity contribution in [1.82, 2.24) is 5.32 Å². The summed E-state index contributed by atoms with van der Waals surface area (Å²) < 4.78 is 5.42. The molecule has 3 N–H and O–H groups in total. The topological polar surface area (TPSA) is 95.9 Å². The van der Waals surface area contributed by atoms with Gasteiger partial charge in [0, 0.05) is 23.0 Å². The highest BCUT2D eigenvalue weighted by Gasteiger charge is 2.29. The van der Waals surface area contributed by atoms with Crippen molar-refractivity contribution >= 4 is 24.0 Å². The molecular formula is C25H22ClNO5. The number of hydrogen-bond acceptors (Lipinski definition) is 5. The molecule has 3 aromatic carbocycles. The molecule has 1 aliphatic carbocycles. The zero-order valence-electron chi connectivity index (χ0n) is 17.1. The minimum Gasteiger partial charge on any atom is -0.449 e. The molecular weight excluding hydrogens is 430 g/mol. The molecule has 164 valence electrons. The lowest BCUT2D eigenvalue weighted by molar-refractivity contribution is 0.0185. The summed E-state index contributed by atoms with van der Waals surface area (Å²) in [5.74, 6) is -0.0723. The Morgan fingerprint density at radius 1 is 1.03 bits per heavy atom. The summed E-state index contributed by atoms with van der Waals surface area (Å²) in [5.41, 5.74) is 5.02. The number of fused-ring (bicyclic) bond motifs is 3. The van der Waals surface area contributed by atoms with Gasteiger partial charge in [0.1, 0.15) is 25.1 Å². The van der Waals surface area contributed by atoms with Crippen LogP contribution in [0.1, 0.15) is 39.1 Å². The van der Waals surface area contributed by atoms with E-state index in [0.717, 1.165) is 22.3 Å². The SMILES string of the molecule is O=Cc1cc(Cl)cc(C(O)C(O)CNC(=O)OCC2c3ccccc3-c3ccccc32)c1. The van der Waals surface area contributed by atoms with E-state index in [1.807, 2.05) is 36.4 Å². The minimum absolute atomic E-state index is 0.0723. The summed E-state index contributed by atoms with van der Waals surface area (Å²) in [4.78, 5) is 23.2. The molecule has 0 aliphatic heterocycles. The van der Waals surface area contributed by atoms with Crippen LogP contribution in [0.2, 0.25) is 5.02 Å². The number of halogens is 1. The Morgan fingerprint density at radius 3 is 2.28 bits per heavy atom. The van der Waals surface area contributed by atoms with Crippen molar-refractivity contribution in [2.24, 2.45) is 0 Å². The van der Waals surface area contributed by atoms with E-state index in [1.54, 1.807) is 0 Å². The molecule has 0 saturated carbocycles. The minimum atomic E-state index is -1.33. The number of aliphatic hydroxyl groups is 2. The van der Waals surface area contributed by atoms with Crippen LogP contribution in [0.15, 0.2) is 66.7 Å². The number of carbonyl (C=O) groups is 2. The molecule has 2 atom stereocenters. The molecule has 0 heterocycles. The van der Waals surface area contributed by atoms with Crippen LogP contribution in [0.3, 0.4) is 0 Å². The van der Waals surface area contributed by atoms with Gasteiger partial charge in [-0.15, -0.1) is 0 Å². The number of aldehydes is 1. The Bertz CT molecular complexity index is 1100. The lowest BCUT2D eigenvalue weighted by atomic mass is 9.98. The number of alkyl carbamates (subject to hydrolysis) is 1. The highest BCUT2D eigenvalue weighted by molar-refractivity contribution is 6.30. The predicted molar refractivity (Wildman–Crippen MR) is 121 cm³/mol. The summed E-state index contributed by atoms with van der Waals surface area (Å²) in [6, 6.07) is 20.4. The van der Waals surface area contributed by atoms with Crippen LogP contribution in [0.4, 0.5) is 4.79 Å². The normalized spacial score (nSPS) is 14.2. The monoisotopic (exact) mass is 451 g/mol. The van der Waals surface area contributed by atoms with Crippen LogP contribution in [0, 0.1) is 0 Å². The van der Waals surface area contributed by atoms with Gasteiger partial charge in [0.15, 0.2) is 0 Å². The van der Waals surface area contributed by atoms with Crippen molar-refractivity contribution in [1.29, 1.82) is 0 Å². The Hall–Kier alpha value is -3.19. The van der Waals surface area contributed by atoms with Gasteiger partial charge < -0.3 is 20.3 Å². The number of amides is 1. The molecule has 2 unspecified atom stereocenters. The summed E-state index contributed by atoms with van der Waals surface area (Å²) >= 11 is 5.94. The fourth-order valence-corrected chi connectivity index (χ4v) is 4.30. The van der Waals surface area contributed by atoms with Gasteiger partial charge in [-0.3, -0.25) is 4.79 Å². The van der Waals surface area contributed by atoms with E-state index < -0.39 is 18.3 Å². The second-order valence-corrected chi connectivity index (χ2v) is 8.09. The Balaban J connectivity index is 1.35. The van der Waals surface area contributed by atoms with Crippen molar-refractivity contribution in [2.75, 3.05) is 13.2 Å². The predicted octanol–water partition coefficient (Wildman–Crippen LogP) is 4.09. The number of rotatable bonds is 7. The zero-order chi connectivity index (χ0) is 22.7. The quantitative estimate of drug-likeness (QED) is 0.470. The first-order valence-electron chi connectivity index (χ1n) is 10.2. The zero-order valence-corrected chi connectivity index (χ0v) is 17.8. The van der Waals surface area contributed by atoms with Crippen LogP contribution in [0.5, 0.6) is 0 Å². The number of hydrogen-bond donors (Lipinski definition) is 3.